The lowest BCUT2D eigenvalue weighted by atomic mass is 10.3. The molecule has 14 heavy (non-hydrogen) atoms. The summed E-state index contributed by atoms with van der Waals surface area (Å²) in [6.45, 7) is 1.89. The van der Waals surface area contributed by atoms with Crippen molar-refractivity contribution in [3.8, 4) is 11.5 Å². The number of aromatic hydroxyl groups is 1. The number of carbonyl (C=O) groups is 1. The van der Waals surface area contributed by atoms with Gasteiger partial charge in [0.1, 0.15) is 5.75 Å². The van der Waals surface area contributed by atoms with Crippen LogP contribution in [0.3, 0.4) is 0 Å². The lowest BCUT2D eigenvalue weighted by Gasteiger charge is -2.06. The summed E-state index contributed by atoms with van der Waals surface area (Å²) in [6, 6.07) is 4.23. The summed E-state index contributed by atoms with van der Waals surface area (Å²) < 4.78 is 4.97. The number of nitrogen functional groups attached to an aromatic ring is 1. The predicted octanol–water partition coefficient (Wildman–Crippen LogP) is 1.68. The molecule has 0 aliphatic rings. The highest BCUT2D eigenvalue weighted by molar-refractivity contribution is 5.74. The number of rotatable bonds is 3. The van der Waals surface area contributed by atoms with Crippen molar-refractivity contribution in [2.45, 2.75) is 19.8 Å². The number of carbonyl (C=O) groups excluding carboxylic acids is 1. The molecular weight excluding hydrogens is 182 g/mol. The molecule has 0 unspecified atom stereocenters. The number of phenols is 1. The van der Waals surface area contributed by atoms with Crippen LogP contribution < -0.4 is 10.5 Å². The Morgan fingerprint density at radius 2 is 2.29 bits per heavy atom. The lowest BCUT2D eigenvalue weighted by molar-refractivity contribution is -0.134. The van der Waals surface area contributed by atoms with Crippen LogP contribution in [0, 0.1) is 0 Å². The van der Waals surface area contributed by atoms with Crippen molar-refractivity contribution in [2.24, 2.45) is 0 Å². The van der Waals surface area contributed by atoms with Crippen molar-refractivity contribution < 1.29 is 14.6 Å². The molecule has 0 bridgehead atoms. The van der Waals surface area contributed by atoms with Crippen molar-refractivity contribution in [1.29, 1.82) is 0 Å². The third kappa shape index (κ3) is 2.65. The van der Waals surface area contributed by atoms with E-state index >= 15 is 0 Å². The SMILES string of the molecule is CCCC(=O)Oc1ccc(O)cc1N. The van der Waals surface area contributed by atoms with E-state index in [0.717, 1.165) is 6.42 Å². The van der Waals surface area contributed by atoms with E-state index in [1.807, 2.05) is 6.92 Å². The maximum Gasteiger partial charge on any atom is 0.311 e. The summed E-state index contributed by atoms with van der Waals surface area (Å²) in [5.41, 5.74) is 5.79. The van der Waals surface area contributed by atoms with Gasteiger partial charge < -0.3 is 15.6 Å². The first-order valence-corrected chi connectivity index (χ1v) is 4.42. The van der Waals surface area contributed by atoms with Gasteiger partial charge in [-0.2, -0.15) is 0 Å². The van der Waals surface area contributed by atoms with Crippen LogP contribution in [0.2, 0.25) is 0 Å². The normalized spacial score (nSPS) is 9.79. The fraction of sp³-hybridized carbons (Fsp3) is 0.300. The molecule has 76 valence electrons. The smallest absolute Gasteiger partial charge is 0.311 e. The van der Waals surface area contributed by atoms with E-state index in [0.29, 0.717) is 12.2 Å². The molecule has 0 atom stereocenters. The number of esters is 1. The number of hydrogen-bond donors (Lipinski definition) is 2. The minimum absolute atomic E-state index is 0.0535. The molecule has 0 radical (unpaired) electrons. The Bertz CT molecular complexity index is 336. The molecule has 3 N–H and O–H groups in total. The molecule has 0 heterocycles. The van der Waals surface area contributed by atoms with E-state index in [9.17, 15) is 4.79 Å². The average molecular weight is 195 g/mol. The molecule has 1 rings (SSSR count). The molecule has 0 saturated heterocycles. The van der Waals surface area contributed by atoms with Crippen LogP contribution in [0.4, 0.5) is 5.69 Å². The van der Waals surface area contributed by atoms with Gasteiger partial charge in [0.2, 0.25) is 0 Å². The zero-order chi connectivity index (χ0) is 10.6. The molecule has 4 nitrogen and oxygen atoms in total. The molecule has 1 aromatic rings. The summed E-state index contributed by atoms with van der Waals surface area (Å²) in [5, 5.41) is 9.05. The maximum absolute atomic E-state index is 11.1. The van der Waals surface area contributed by atoms with E-state index in [1.54, 1.807) is 0 Å². The van der Waals surface area contributed by atoms with Crippen LogP contribution in [0.25, 0.3) is 0 Å². The summed E-state index contributed by atoms with van der Waals surface area (Å²) in [4.78, 5) is 11.1. The third-order valence-electron chi connectivity index (χ3n) is 1.67. The van der Waals surface area contributed by atoms with E-state index in [1.165, 1.54) is 18.2 Å². The molecule has 0 aliphatic heterocycles. The molecular formula is C10H13NO3. The number of ether oxygens (including phenoxy) is 1. The molecule has 0 aliphatic carbocycles. The Hall–Kier alpha value is -1.71. The standard InChI is InChI=1S/C10H13NO3/c1-2-3-10(13)14-9-5-4-7(12)6-8(9)11/h4-6,12H,2-3,11H2,1H3. The molecule has 0 saturated carbocycles. The van der Waals surface area contributed by atoms with E-state index < -0.39 is 0 Å². The fourth-order valence-electron chi connectivity index (χ4n) is 1.01. The minimum atomic E-state index is -0.315. The van der Waals surface area contributed by atoms with Gasteiger partial charge in [-0.3, -0.25) is 4.79 Å². The van der Waals surface area contributed by atoms with Gasteiger partial charge in [-0.05, 0) is 18.6 Å². The second-order valence-corrected chi connectivity index (χ2v) is 2.95. The second kappa shape index (κ2) is 4.50. The predicted molar refractivity (Wildman–Crippen MR) is 53.1 cm³/mol. The Morgan fingerprint density at radius 3 is 2.86 bits per heavy atom. The fourth-order valence-corrected chi connectivity index (χ4v) is 1.01. The zero-order valence-corrected chi connectivity index (χ0v) is 7.99. The van der Waals surface area contributed by atoms with Crippen LogP contribution in [-0.2, 0) is 4.79 Å². The monoisotopic (exact) mass is 195 g/mol. The summed E-state index contributed by atoms with van der Waals surface area (Å²) in [5.74, 6) is 0.0314. The largest absolute Gasteiger partial charge is 0.508 e. The van der Waals surface area contributed by atoms with Crippen LogP contribution in [0.5, 0.6) is 11.5 Å². The molecule has 0 aromatic heterocycles. The molecule has 0 spiro atoms. The van der Waals surface area contributed by atoms with Gasteiger partial charge in [-0.1, -0.05) is 6.92 Å². The first-order chi connectivity index (χ1) is 6.63. The van der Waals surface area contributed by atoms with Crippen molar-refractivity contribution in [1.82, 2.24) is 0 Å². The highest BCUT2D eigenvalue weighted by Crippen LogP contribution is 2.25. The van der Waals surface area contributed by atoms with Crippen LogP contribution >= 0.6 is 0 Å². The topological polar surface area (TPSA) is 72.5 Å². The third-order valence-corrected chi connectivity index (χ3v) is 1.67. The first-order valence-electron chi connectivity index (χ1n) is 4.42. The van der Waals surface area contributed by atoms with Gasteiger partial charge in [0.15, 0.2) is 5.75 Å². The van der Waals surface area contributed by atoms with Crippen molar-refractivity contribution in [3.05, 3.63) is 18.2 Å². The van der Waals surface area contributed by atoms with E-state index in [4.69, 9.17) is 15.6 Å². The molecule has 1 aromatic carbocycles. The number of anilines is 1. The van der Waals surface area contributed by atoms with Crippen LogP contribution in [0.1, 0.15) is 19.8 Å². The number of hydrogen-bond acceptors (Lipinski definition) is 4. The Balaban J connectivity index is 2.72. The van der Waals surface area contributed by atoms with E-state index in [-0.39, 0.29) is 17.4 Å². The summed E-state index contributed by atoms with van der Waals surface area (Å²) >= 11 is 0. The maximum atomic E-state index is 11.1. The highest BCUT2D eigenvalue weighted by atomic mass is 16.5. The van der Waals surface area contributed by atoms with Gasteiger partial charge in [0.05, 0.1) is 5.69 Å². The van der Waals surface area contributed by atoms with Gasteiger partial charge in [0, 0.05) is 12.5 Å². The number of benzene rings is 1. The van der Waals surface area contributed by atoms with E-state index in [2.05, 4.69) is 0 Å². The highest BCUT2D eigenvalue weighted by Gasteiger charge is 2.06. The number of nitrogens with two attached hydrogens (primary N) is 1. The van der Waals surface area contributed by atoms with Gasteiger partial charge in [0.25, 0.3) is 0 Å². The molecule has 0 amide bonds. The van der Waals surface area contributed by atoms with Crippen LogP contribution in [-0.4, -0.2) is 11.1 Å². The second-order valence-electron chi connectivity index (χ2n) is 2.95. The van der Waals surface area contributed by atoms with Gasteiger partial charge in [-0.25, -0.2) is 0 Å². The minimum Gasteiger partial charge on any atom is -0.508 e. The Morgan fingerprint density at radius 1 is 1.57 bits per heavy atom. The Labute approximate surface area is 82.3 Å². The molecule has 4 heteroatoms. The van der Waals surface area contributed by atoms with Gasteiger partial charge >= 0.3 is 5.97 Å². The first kappa shape index (κ1) is 10.4. The van der Waals surface area contributed by atoms with Crippen LogP contribution in [0.15, 0.2) is 18.2 Å². The Kier molecular flexibility index (Phi) is 3.34. The quantitative estimate of drug-likeness (QED) is 0.437. The van der Waals surface area contributed by atoms with Crippen molar-refractivity contribution >= 4 is 11.7 Å². The van der Waals surface area contributed by atoms with Gasteiger partial charge in [-0.15, -0.1) is 0 Å². The number of phenolic OH excluding ortho intramolecular Hbond substituents is 1. The summed E-state index contributed by atoms with van der Waals surface area (Å²) in [6.07, 6.45) is 1.09. The lowest BCUT2D eigenvalue weighted by Crippen LogP contribution is -2.08. The average Bonchev–Trinajstić information content (AvgIpc) is 2.10. The van der Waals surface area contributed by atoms with Crippen molar-refractivity contribution in [2.75, 3.05) is 5.73 Å². The molecule has 0 fully saturated rings. The van der Waals surface area contributed by atoms with Crippen molar-refractivity contribution in [3.63, 3.8) is 0 Å². The summed E-state index contributed by atoms with van der Waals surface area (Å²) in [7, 11) is 0. The zero-order valence-electron chi connectivity index (χ0n) is 7.99.